The van der Waals surface area contributed by atoms with Gasteiger partial charge in [-0.25, -0.2) is 0 Å². The molecule has 8 heterocycles. The van der Waals surface area contributed by atoms with Crippen LogP contribution in [0.25, 0.3) is 33.6 Å². The van der Waals surface area contributed by atoms with Gasteiger partial charge >= 0.3 is 0 Å². The minimum atomic E-state index is -2.27. The Kier molecular flexibility index (Phi) is 25.2. The van der Waals surface area contributed by atoms with Crippen LogP contribution >= 0.6 is 0 Å². The van der Waals surface area contributed by atoms with E-state index in [0.29, 0.717) is 0 Å². The normalized spacial score (nSPS) is 23.4. The molecule has 0 N–H and O–H groups in total. The molecule has 18 bridgehead atoms. The fourth-order valence-electron chi connectivity index (χ4n) is 16.9. The van der Waals surface area contributed by atoms with Crippen LogP contribution in [0.1, 0.15) is 158 Å². The standard InChI is InChI=1S/C88H124N2O6Si6/c1-19-97(20-2,21-3)91-83-57-61-85(62-58-83,93-99(25-7,26-8)27-9)77-49-41-73(42-50-77)81-55-53-79(69-89-81)87(95-101(31-13,32-14)33-15)65-67-88(68-66-87,96-102(34-16,35-17)36-18)80-54-56-82(90-70-80)74-43-51-78(52-44-74)86(94-100(28-10,29-11)30-12)63-59-84(60-64-86,92-98(22-4,23-5)24-6)76-47-39-72(40-48-76)71-37-45-75(83)46-38-71/h37-70H,19-36H2,1-18H3. The summed E-state index contributed by atoms with van der Waals surface area (Å²) in [6.07, 6.45) is 32.2. The maximum Gasteiger partial charge on any atom is 0.194 e. The molecule has 16 aliphatic carbocycles. The van der Waals surface area contributed by atoms with E-state index < -0.39 is 83.5 Å². The van der Waals surface area contributed by atoms with Gasteiger partial charge in [-0.15, -0.1) is 0 Å². The maximum absolute atomic E-state index is 7.84. The minimum absolute atomic E-state index is 0.799. The quantitative estimate of drug-likeness (QED) is 0.0326. The van der Waals surface area contributed by atoms with Gasteiger partial charge in [0, 0.05) is 34.6 Å². The second-order valence-electron chi connectivity index (χ2n) is 30.0. The van der Waals surface area contributed by atoms with Crippen LogP contribution in [-0.2, 0) is 60.2 Å². The highest BCUT2D eigenvalue weighted by atomic mass is 28.4. The molecule has 22 aliphatic rings. The van der Waals surface area contributed by atoms with Gasteiger partial charge in [-0.1, -0.05) is 234 Å². The summed E-state index contributed by atoms with van der Waals surface area (Å²) in [5, 5.41) is 0. The second kappa shape index (κ2) is 32.4. The molecule has 0 radical (unpaired) electrons. The summed E-state index contributed by atoms with van der Waals surface area (Å²) in [5.41, 5.74) is 7.69. The number of rotatable bonds is 30. The van der Waals surface area contributed by atoms with Crippen molar-refractivity contribution in [1.82, 2.24) is 9.97 Å². The Morgan fingerprint density at radius 1 is 0.196 bits per heavy atom. The molecule has 0 saturated carbocycles. The van der Waals surface area contributed by atoms with Crippen LogP contribution in [-0.4, -0.2) is 59.9 Å². The van der Waals surface area contributed by atoms with Gasteiger partial charge in [-0.05, 0) is 227 Å². The first-order valence-corrected chi connectivity index (χ1v) is 55.1. The third kappa shape index (κ3) is 15.1. The van der Waals surface area contributed by atoms with Gasteiger partial charge in [0.2, 0.25) is 0 Å². The average molecular weight is 1470 g/mol. The molecule has 2 aromatic heterocycles. The Balaban J connectivity index is 1.18. The Morgan fingerprint density at radius 2 is 0.343 bits per heavy atom. The number of pyridine rings is 2. The summed E-state index contributed by atoms with van der Waals surface area (Å²) in [4.78, 5) is 10.7. The van der Waals surface area contributed by atoms with Gasteiger partial charge < -0.3 is 26.6 Å². The van der Waals surface area contributed by atoms with Crippen LogP contribution in [0.15, 0.2) is 207 Å². The van der Waals surface area contributed by atoms with E-state index in [-0.39, 0.29) is 0 Å². The molecule has 0 spiro atoms. The molecule has 0 fully saturated rings. The fraction of sp³-hybridized carbons (Fsp3) is 0.477. The number of nitrogens with zero attached hydrogens (tertiary/aromatic N) is 2. The highest BCUT2D eigenvalue weighted by Crippen LogP contribution is 2.51. The molecule has 102 heavy (non-hydrogen) atoms. The molecule has 0 unspecified atom stereocenters. The molecule has 0 atom stereocenters. The zero-order valence-electron chi connectivity index (χ0n) is 65.7. The minimum Gasteiger partial charge on any atom is -0.401 e. The van der Waals surface area contributed by atoms with Gasteiger partial charge in [-0.3, -0.25) is 9.97 Å². The van der Waals surface area contributed by atoms with Crippen LogP contribution in [0, 0.1) is 0 Å². The maximum atomic E-state index is 7.84. The van der Waals surface area contributed by atoms with Crippen LogP contribution in [0.3, 0.4) is 0 Å². The highest BCUT2D eigenvalue weighted by molar-refractivity contribution is 6.76. The Hall–Kier alpha value is -5.32. The third-order valence-electron chi connectivity index (χ3n) is 26.1. The lowest BCUT2D eigenvalue weighted by molar-refractivity contribution is 0.121. The molecule has 546 valence electrons. The van der Waals surface area contributed by atoms with Gasteiger partial charge in [-0.2, -0.15) is 0 Å². The van der Waals surface area contributed by atoms with Crippen molar-refractivity contribution in [1.29, 1.82) is 0 Å². The van der Waals surface area contributed by atoms with Crippen LogP contribution in [0.2, 0.25) is 109 Å². The molecular formula is C88H124N2O6Si6. The molecule has 6 aliphatic heterocycles. The first kappa shape index (κ1) is 79.3. The number of benzene rings is 4. The van der Waals surface area contributed by atoms with Crippen molar-refractivity contribution in [3.63, 3.8) is 0 Å². The SMILES string of the molecule is CC[Si](CC)(CC)OC12C=CC(O[Si](CC)(CC)CC)(C=C1)c1ccc(cc1)-c1ccc(cn1)C1(O[Si](CC)(CC)CC)C=CC(O[Si](CC)(CC)CC)(C=C1)c1ccc(nc1)-c1ccc(cc1)C1(O[Si](CC)(CC)CC)C=CC(O[Si](CC)(CC)CC)(C=C1)c1ccc(cc1)-c1ccc2cc1. The van der Waals surface area contributed by atoms with E-state index in [9.17, 15) is 0 Å². The summed E-state index contributed by atoms with van der Waals surface area (Å²) >= 11 is 0. The first-order chi connectivity index (χ1) is 49.1. The average Bonchev–Trinajstić information content (AvgIpc) is 0.751. The van der Waals surface area contributed by atoms with Crippen molar-refractivity contribution >= 4 is 49.9 Å². The lowest BCUT2D eigenvalue weighted by atomic mass is 9.80. The first-order valence-electron chi connectivity index (χ1n) is 39.9. The predicted octanol–water partition coefficient (Wildman–Crippen LogP) is 25.6. The summed E-state index contributed by atoms with van der Waals surface area (Å²) < 4.78 is 47.0. The molecule has 4 aromatic carbocycles. The molecule has 6 aromatic rings. The Labute approximate surface area is 622 Å². The van der Waals surface area contributed by atoms with Crippen molar-refractivity contribution in [2.24, 2.45) is 0 Å². The predicted molar refractivity (Wildman–Crippen MR) is 446 cm³/mol. The summed E-state index contributed by atoms with van der Waals surface area (Å²) in [6, 6.07) is 63.7. The van der Waals surface area contributed by atoms with Crippen LogP contribution in [0.4, 0.5) is 0 Å². The second-order valence-corrected chi connectivity index (χ2v) is 58.2. The Bertz CT molecular complexity index is 3160. The van der Waals surface area contributed by atoms with E-state index >= 15 is 0 Å². The van der Waals surface area contributed by atoms with Gasteiger partial charge in [0.25, 0.3) is 0 Å². The smallest absolute Gasteiger partial charge is 0.194 e. The van der Waals surface area contributed by atoms with E-state index in [1.165, 1.54) is 0 Å². The van der Waals surface area contributed by atoms with E-state index in [4.69, 9.17) is 36.5 Å². The van der Waals surface area contributed by atoms with Crippen LogP contribution in [0.5, 0.6) is 0 Å². The van der Waals surface area contributed by atoms with Gasteiger partial charge in [0.05, 0.1) is 11.4 Å². The largest absolute Gasteiger partial charge is 0.401 e. The summed E-state index contributed by atoms with van der Waals surface area (Å²) in [5.74, 6) is 0. The van der Waals surface area contributed by atoms with Crippen molar-refractivity contribution in [2.75, 3.05) is 0 Å². The molecule has 8 nitrogen and oxygen atoms in total. The lowest BCUT2D eigenvalue weighted by Gasteiger charge is -2.46. The zero-order chi connectivity index (χ0) is 73.4. The molecular weight excluding hydrogens is 1350 g/mol. The number of aromatic nitrogens is 2. The highest BCUT2D eigenvalue weighted by Gasteiger charge is 2.51. The van der Waals surface area contributed by atoms with Crippen LogP contribution < -0.4 is 0 Å². The topological polar surface area (TPSA) is 81.2 Å². The van der Waals surface area contributed by atoms with E-state index in [2.05, 4.69) is 331 Å². The van der Waals surface area contributed by atoms with Crippen molar-refractivity contribution in [3.8, 4) is 33.6 Å². The van der Waals surface area contributed by atoms with Gasteiger partial charge in [0.15, 0.2) is 49.9 Å². The van der Waals surface area contributed by atoms with E-state index in [1.807, 2.05) is 0 Å². The van der Waals surface area contributed by atoms with Crippen molar-refractivity contribution in [3.05, 3.63) is 240 Å². The summed E-state index contributed by atoms with van der Waals surface area (Å²) in [6.45, 7) is 41.9. The fourth-order valence-corrected chi connectivity index (χ4v) is 34.3. The number of hydrogen-bond donors (Lipinski definition) is 0. The lowest BCUT2D eigenvalue weighted by Crippen LogP contribution is -2.48. The number of hydrogen-bond acceptors (Lipinski definition) is 8. The van der Waals surface area contributed by atoms with E-state index in [1.54, 1.807) is 0 Å². The monoisotopic (exact) mass is 1470 g/mol. The summed E-state index contributed by atoms with van der Waals surface area (Å²) in [7, 11) is -13.5. The molecule has 28 rings (SSSR count). The van der Waals surface area contributed by atoms with E-state index in [0.717, 1.165) is 176 Å². The zero-order valence-corrected chi connectivity index (χ0v) is 71.7. The third-order valence-corrected chi connectivity index (χ3v) is 53.9. The van der Waals surface area contributed by atoms with Crippen molar-refractivity contribution < 1.29 is 26.6 Å². The van der Waals surface area contributed by atoms with Crippen molar-refractivity contribution in [2.45, 2.75) is 267 Å². The van der Waals surface area contributed by atoms with Gasteiger partial charge in [0.1, 0.15) is 33.6 Å². The Morgan fingerprint density at radius 3 is 0.490 bits per heavy atom. The molecule has 0 saturated heterocycles. The molecule has 0 amide bonds. The molecule has 14 heteroatoms.